The number of hydrogen-bond donors (Lipinski definition) is 1. The predicted octanol–water partition coefficient (Wildman–Crippen LogP) is 1.78. The Morgan fingerprint density at radius 1 is 1.28 bits per heavy atom. The van der Waals surface area contributed by atoms with Crippen molar-refractivity contribution in [1.82, 2.24) is 5.32 Å². The van der Waals surface area contributed by atoms with Gasteiger partial charge >= 0.3 is 5.97 Å². The summed E-state index contributed by atoms with van der Waals surface area (Å²) in [7, 11) is 3.09. The molecule has 0 saturated carbocycles. The summed E-state index contributed by atoms with van der Waals surface area (Å²) in [6.07, 6.45) is 2.24. The van der Waals surface area contributed by atoms with Crippen LogP contribution in [-0.4, -0.2) is 33.3 Å². The van der Waals surface area contributed by atoms with Crippen LogP contribution in [0.4, 0.5) is 0 Å². The zero-order valence-electron chi connectivity index (χ0n) is 11.1. The van der Waals surface area contributed by atoms with Gasteiger partial charge in [0, 0.05) is 6.42 Å². The first-order valence-electron chi connectivity index (χ1n) is 6.16. The quantitative estimate of drug-likeness (QED) is 0.565. The molecule has 4 nitrogen and oxygen atoms in total. The molecule has 1 aromatic rings. The Labute approximate surface area is 108 Å². The van der Waals surface area contributed by atoms with Crippen LogP contribution < -0.4 is 10.1 Å². The molecule has 0 amide bonds. The molecule has 0 saturated heterocycles. The summed E-state index contributed by atoms with van der Waals surface area (Å²) >= 11 is 0. The highest BCUT2D eigenvalue weighted by Crippen LogP contribution is 2.12. The van der Waals surface area contributed by atoms with Gasteiger partial charge in [-0.1, -0.05) is 12.1 Å². The van der Waals surface area contributed by atoms with Gasteiger partial charge < -0.3 is 14.8 Å². The Kier molecular flexibility index (Phi) is 6.87. The Hall–Kier alpha value is -1.55. The number of carbonyl (C=O) groups is 1. The molecule has 0 atom stereocenters. The number of ether oxygens (including phenoxy) is 2. The molecule has 0 radical (unpaired) electrons. The molecule has 0 heterocycles. The maximum absolute atomic E-state index is 10.9. The fraction of sp³-hybridized carbons (Fsp3) is 0.500. The third kappa shape index (κ3) is 5.68. The summed E-state index contributed by atoms with van der Waals surface area (Å²) in [4.78, 5) is 10.9. The minimum atomic E-state index is -0.149. The average Bonchev–Trinajstić information content (AvgIpc) is 2.42. The van der Waals surface area contributed by atoms with Gasteiger partial charge in [-0.3, -0.25) is 4.79 Å². The molecule has 0 fully saturated rings. The van der Waals surface area contributed by atoms with Crippen LogP contribution >= 0.6 is 0 Å². The van der Waals surface area contributed by atoms with Crippen LogP contribution in [0.5, 0.6) is 5.75 Å². The standard InChI is InChI=1S/C14H21NO3/c1-17-13-6-3-5-12(11-13)8-10-15-9-4-7-14(16)18-2/h3,5-6,11,15H,4,7-10H2,1-2H3. The Balaban J connectivity index is 2.12. The largest absolute Gasteiger partial charge is 0.497 e. The Morgan fingerprint density at radius 3 is 2.83 bits per heavy atom. The van der Waals surface area contributed by atoms with E-state index in [4.69, 9.17) is 4.74 Å². The van der Waals surface area contributed by atoms with E-state index in [1.165, 1.54) is 12.7 Å². The van der Waals surface area contributed by atoms with Crippen LogP contribution in [0.2, 0.25) is 0 Å². The Morgan fingerprint density at radius 2 is 2.11 bits per heavy atom. The van der Waals surface area contributed by atoms with Crippen LogP contribution in [0, 0.1) is 0 Å². The molecule has 0 bridgehead atoms. The average molecular weight is 251 g/mol. The van der Waals surface area contributed by atoms with E-state index in [0.29, 0.717) is 6.42 Å². The molecule has 1 aromatic carbocycles. The normalized spacial score (nSPS) is 10.1. The van der Waals surface area contributed by atoms with Crippen molar-refractivity contribution >= 4 is 5.97 Å². The van der Waals surface area contributed by atoms with E-state index < -0.39 is 0 Å². The van der Waals surface area contributed by atoms with Crippen LogP contribution in [-0.2, 0) is 16.0 Å². The summed E-state index contributed by atoms with van der Waals surface area (Å²) in [5.41, 5.74) is 1.25. The first kappa shape index (κ1) is 14.5. The minimum absolute atomic E-state index is 0.149. The molecule has 18 heavy (non-hydrogen) atoms. The van der Waals surface area contributed by atoms with Gasteiger partial charge in [-0.2, -0.15) is 0 Å². The highest BCUT2D eigenvalue weighted by molar-refractivity contribution is 5.69. The highest BCUT2D eigenvalue weighted by atomic mass is 16.5. The topological polar surface area (TPSA) is 47.6 Å². The third-order valence-electron chi connectivity index (χ3n) is 2.69. The van der Waals surface area contributed by atoms with E-state index in [1.807, 2.05) is 18.2 Å². The fourth-order valence-corrected chi connectivity index (χ4v) is 1.65. The van der Waals surface area contributed by atoms with E-state index >= 15 is 0 Å². The van der Waals surface area contributed by atoms with Gasteiger partial charge in [-0.05, 0) is 43.6 Å². The lowest BCUT2D eigenvalue weighted by Gasteiger charge is -2.06. The number of nitrogens with one attached hydrogen (secondary N) is 1. The number of hydrogen-bond acceptors (Lipinski definition) is 4. The van der Waals surface area contributed by atoms with Crippen molar-refractivity contribution < 1.29 is 14.3 Å². The third-order valence-corrected chi connectivity index (χ3v) is 2.69. The molecule has 1 N–H and O–H groups in total. The summed E-state index contributed by atoms with van der Waals surface area (Å²) in [5, 5.41) is 3.30. The molecule has 4 heteroatoms. The van der Waals surface area contributed by atoms with Gasteiger partial charge in [0.1, 0.15) is 5.75 Å². The number of rotatable bonds is 8. The maximum atomic E-state index is 10.9. The van der Waals surface area contributed by atoms with Crippen molar-refractivity contribution in [3.63, 3.8) is 0 Å². The van der Waals surface area contributed by atoms with Gasteiger partial charge in [-0.25, -0.2) is 0 Å². The maximum Gasteiger partial charge on any atom is 0.305 e. The molecule has 0 aliphatic heterocycles. The molecular weight excluding hydrogens is 230 g/mol. The second-order valence-corrected chi connectivity index (χ2v) is 4.03. The van der Waals surface area contributed by atoms with Crippen LogP contribution in [0.25, 0.3) is 0 Å². The summed E-state index contributed by atoms with van der Waals surface area (Å²) in [6, 6.07) is 8.05. The molecular formula is C14H21NO3. The van der Waals surface area contributed by atoms with Gasteiger partial charge in [0.05, 0.1) is 14.2 Å². The van der Waals surface area contributed by atoms with E-state index in [2.05, 4.69) is 16.1 Å². The molecule has 0 aliphatic carbocycles. The predicted molar refractivity (Wildman–Crippen MR) is 70.8 cm³/mol. The van der Waals surface area contributed by atoms with Crippen molar-refractivity contribution in [3.8, 4) is 5.75 Å². The number of methoxy groups -OCH3 is 2. The van der Waals surface area contributed by atoms with Crippen molar-refractivity contribution in [3.05, 3.63) is 29.8 Å². The van der Waals surface area contributed by atoms with Gasteiger partial charge in [-0.15, -0.1) is 0 Å². The van der Waals surface area contributed by atoms with Gasteiger partial charge in [0.25, 0.3) is 0 Å². The molecule has 0 aromatic heterocycles. The van der Waals surface area contributed by atoms with E-state index in [9.17, 15) is 4.79 Å². The molecule has 0 spiro atoms. The van der Waals surface area contributed by atoms with Crippen LogP contribution in [0.15, 0.2) is 24.3 Å². The summed E-state index contributed by atoms with van der Waals surface area (Å²) < 4.78 is 9.74. The first-order valence-corrected chi connectivity index (χ1v) is 6.16. The molecule has 100 valence electrons. The lowest BCUT2D eigenvalue weighted by Crippen LogP contribution is -2.19. The highest BCUT2D eigenvalue weighted by Gasteiger charge is 1.99. The van der Waals surface area contributed by atoms with E-state index in [1.54, 1.807) is 7.11 Å². The number of esters is 1. The molecule has 1 rings (SSSR count). The van der Waals surface area contributed by atoms with Crippen molar-refractivity contribution in [2.24, 2.45) is 0 Å². The summed E-state index contributed by atoms with van der Waals surface area (Å²) in [5.74, 6) is 0.739. The monoisotopic (exact) mass is 251 g/mol. The zero-order valence-corrected chi connectivity index (χ0v) is 11.1. The second-order valence-electron chi connectivity index (χ2n) is 4.03. The smallest absolute Gasteiger partial charge is 0.305 e. The van der Waals surface area contributed by atoms with E-state index in [-0.39, 0.29) is 5.97 Å². The minimum Gasteiger partial charge on any atom is -0.497 e. The lowest BCUT2D eigenvalue weighted by molar-refractivity contribution is -0.140. The van der Waals surface area contributed by atoms with Crippen molar-refractivity contribution in [1.29, 1.82) is 0 Å². The fourth-order valence-electron chi connectivity index (χ4n) is 1.65. The lowest BCUT2D eigenvalue weighted by atomic mass is 10.1. The molecule has 0 unspecified atom stereocenters. The van der Waals surface area contributed by atoms with Crippen LogP contribution in [0.3, 0.4) is 0 Å². The van der Waals surface area contributed by atoms with Crippen molar-refractivity contribution in [2.45, 2.75) is 19.3 Å². The van der Waals surface area contributed by atoms with Crippen LogP contribution in [0.1, 0.15) is 18.4 Å². The van der Waals surface area contributed by atoms with Gasteiger partial charge in [0.15, 0.2) is 0 Å². The zero-order chi connectivity index (χ0) is 13.2. The first-order chi connectivity index (χ1) is 8.76. The van der Waals surface area contributed by atoms with Gasteiger partial charge in [0.2, 0.25) is 0 Å². The van der Waals surface area contributed by atoms with Crippen molar-refractivity contribution in [2.75, 3.05) is 27.3 Å². The summed E-state index contributed by atoms with van der Waals surface area (Å²) in [6.45, 7) is 1.73. The van der Waals surface area contributed by atoms with E-state index in [0.717, 1.165) is 31.7 Å². The number of carbonyl (C=O) groups excluding carboxylic acids is 1. The molecule has 0 aliphatic rings. The number of benzene rings is 1. The SMILES string of the molecule is COC(=O)CCCNCCc1cccc(OC)c1. The second kappa shape index (κ2) is 8.53. The Bertz CT molecular complexity index is 366.